The van der Waals surface area contributed by atoms with E-state index in [0.29, 0.717) is 5.92 Å². The standard InChI is InChI=1S/C12H23NO3/c1-14-11(15-2)10-3-4-12(16-9-10)5-7-13-8-6-12/h10-11,13H,3-9H2,1-2H3/t10-/m1/s1. The fourth-order valence-electron chi connectivity index (χ4n) is 2.86. The summed E-state index contributed by atoms with van der Waals surface area (Å²) in [6, 6.07) is 0. The Labute approximate surface area is 97.6 Å². The predicted molar refractivity (Wildman–Crippen MR) is 61.3 cm³/mol. The molecule has 2 rings (SSSR count). The van der Waals surface area contributed by atoms with Crippen LogP contribution in [0.25, 0.3) is 0 Å². The minimum Gasteiger partial charge on any atom is -0.374 e. The first-order valence-electron chi connectivity index (χ1n) is 6.20. The van der Waals surface area contributed by atoms with Gasteiger partial charge in [-0.2, -0.15) is 0 Å². The molecule has 2 aliphatic heterocycles. The first-order valence-corrected chi connectivity index (χ1v) is 6.20. The number of hydrogen-bond acceptors (Lipinski definition) is 4. The second kappa shape index (κ2) is 5.45. The number of hydrogen-bond donors (Lipinski definition) is 1. The van der Waals surface area contributed by atoms with Crippen LogP contribution in [0.1, 0.15) is 25.7 Å². The maximum absolute atomic E-state index is 6.10. The summed E-state index contributed by atoms with van der Waals surface area (Å²) in [7, 11) is 3.39. The molecule has 4 nitrogen and oxygen atoms in total. The van der Waals surface area contributed by atoms with Crippen molar-refractivity contribution in [1.29, 1.82) is 0 Å². The van der Waals surface area contributed by atoms with E-state index in [4.69, 9.17) is 14.2 Å². The maximum atomic E-state index is 6.10. The Kier molecular flexibility index (Phi) is 4.19. The molecule has 2 fully saturated rings. The molecular weight excluding hydrogens is 206 g/mol. The largest absolute Gasteiger partial charge is 0.374 e. The summed E-state index contributed by atoms with van der Waals surface area (Å²) in [4.78, 5) is 0. The van der Waals surface area contributed by atoms with E-state index >= 15 is 0 Å². The summed E-state index contributed by atoms with van der Waals surface area (Å²) in [6.45, 7) is 2.94. The monoisotopic (exact) mass is 229 g/mol. The number of nitrogens with one attached hydrogen (secondary N) is 1. The highest BCUT2D eigenvalue weighted by molar-refractivity contribution is 4.90. The Balaban J connectivity index is 1.85. The topological polar surface area (TPSA) is 39.7 Å². The van der Waals surface area contributed by atoms with Crippen LogP contribution >= 0.6 is 0 Å². The van der Waals surface area contributed by atoms with Crippen LogP contribution in [0.5, 0.6) is 0 Å². The Morgan fingerprint density at radius 2 is 1.88 bits per heavy atom. The summed E-state index contributed by atoms with van der Waals surface area (Å²) in [5, 5.41) is 3.38. The van der Waals surface area contributed by atoms with Crippen molar-refractivity contribution in [3.63, 3.8) is 0 Å². The summed E-state index contributed by atoms with van der Waals surface area (Å²) < 4.78 is 16.7. The quantitative estimate of drug-likeness (QED) is 0.737. The third kappa shape index (κ3) is 2.56. The molecule has 0 aromatic carbocycles. The second-order valence-electron chi connectivity index (χ2n) is 4.88. The zero-order chi connectivity index (χ0) is 11.4. The van der Waals surface area contributed by atoms with Gasteiger partial charge < -0.3 is 19.5 Å². The van der Waals surface area contributed by atoms with Crippen LogP contribution in [0.15, 0.2) is 0 Å². The van der Waals surface area contributed by atoms with Gasteiger partial charge in [0.15, 0.2) is 6.29 Å². The van der Waals surface area contributed by atoms with Gasteiger partial charge in [0, 0.05) is 20.1 Å². The van der Waals surface area contributed by atoms with Crippen LogP contribution in [-0.2, 0) is 14.2 Å². The zero-order valence-corrected chi connectivity index (χ0v) is 10.3. The van der Waals surface area contributed by atoms with Crippen molar-refractivity contribution in [2.45, 2.75) is 37.6 Å². The van der Waals surface area contributed by atoms with Crippen LogP contribution in [0.4, 0.5) is 0 Å². The van der Waals surface area contributed by atoms with Crippen molar-refractivity contribution in [2.75, 3.05) is 33.9 Å². The van der Waals surface area contributed by atoms with E-state index in [1.807, 2.05) is 0 Å². The lowest BCUT2D eigenvalue weighted by atomic mass is 9.82. The Bertz CT molecular complexity index is 202. The van der Waals surface area contributed by atoms with Gasteiger partial charge in [0.1, 0.15) is 0 Å². The van der Waals surface area contributed by atoms with Crippen LogP contribution in [0.2, 0.25) is 0 Å². The predicted octanol–water partition coefficient (Wildman–Crippen LogP) is 1.15. The van der Waals surface area contributed by atoms with Crippen LogP contribution in [-0.4, -0.2) is 45.8 Å². The molecular formula is C12H23NO3. The van der Waals surface area contributed by atoms with E-state index in [9.17, 15) is 0 Å². The molecule has 2 heterocycles. The summed E-state index contributed by atoms with van der Waals surface area (Å²) in [5.41, 5.74) is 0.147. The lowest BCUT2D eigenvalue weighted by molar-refractivity contribution is -0.195. The van der Waals surface area contributed by atoms with Gasteiger partial charge in [-0.1, -0.05) is 0 Å². The van der Waals surface area contributed by atoms with Crippen molar-refractivity contribution < 1.29 is 14.2 Å². The van der Waals surface area contributed by atoms with Crippen molar-refractivity contribution in [1.82, 2.24) is 5.32 Å². The molecule has 16 heavy (non-hydrogen) atoms. The van der Waals surface area contributed by atoms with Crippen LogP contribution in [0.3, 0.4) is 0 Å². The number of ether oxygens (including phenoxy) is 3. The summed E-state index contributed by atoms with van der Waals surface area (Å²) in [6.07, 6.45) is 4.46. The highest BCUT2D eigenvalue weighted by Gasteiger charge is 2.39. The molecule has 0 amide bonds. The van der Waals surface area contributed by atoms with E-state index < -0.39 is 0 Å². The average molecular weight is 229 g/mol. The summed E-state index contributed by atoms with van der Waals surface area (Å²) in [5.74, 6) is 0.385. The van der Waals surface area contributed by atoms with Crippen molar-refractivity contribution in [2.24, 2.45) is 5.92 Å². The van der Waals surface area contributed by atoms with Gasteiger partial charge in [0.2, 0.25) is 0 Å². The van der Waals surface area contributed by atoms with E-state index in [0.717, 1.165) is 45.4 Å². The maximum Gasteiger partial charge on any atom is 0.161 e. The van der Waals surface area contributed by atoms with Gasteiger partial charge >= 0.3 is 0 Å². The molecule has 2 saturated heterocycles. The van der Waals surface area contributed by atoms with Crippen molar-refractivity contribution in [3.8, 4) is 0 Å². The molecule has 2 aliphatic rings. The Hall–Kier alpha value is -0.160. The molecule has 0 unspecified atom stereocenters. The van der Waals surface area contributed by atoms with Crippen LogP contribution < -0.4 is 5.32 Å². The number of piperidine rings is 1. The molecule has 94 valence electrons. The molecule has 0 radical (unpaired) electrons. The van der Waals surface area contributed by atoms with Gasteiger partial charge in [0.25, 0.3) is 0 Å². The third-order valence-corrected chi connectivity index (χ3v) is 3.94. The molecule has 0 aromatic heterocycles. The van der Waals surface area contributed by atoms with E-state index in [1.165, 1.54) is 0 Å². The van der Waals surface area contributed by atoms with Crippen molar-refractivity contribution in [3.05, 3.63) is 0 Å². The van der Waals surface area contributed by atoms with Gasteiger partial charge in [-0.05, 0) is 38.8 Å². The SMILES string of the molecule is COC(OC)[C@@H]1CCC2(CCNCC2)OC1. The summed E-state index contributed by atoms with van der Waals surface area (Å²) >= 11 is 0. The van der Waals surface area contributed by atoms with E-state index in [1.54, 1.807) is 14.2 Å². The molecule has 4 heteroatoms. The minimum atomic E-state index is -0.112. The Morgan fingerprint density at radius 1 is 1.19 bits per heavy atom. The highest BCUT2D eigenvalue weighted by atomic mass is 16.7. The molecule has 1 atom stereocenters. The van der Waals surface area contributed by atoms with E-state index in [2.05, 4.69) is 5.32 Å². The van der Waals surface area contributed by atoms with Gasteiger partial charge in [0.05, 0.1) is 12.2 Å². The molecule has 0 saturated carbocycles. The zero-order valence-electron chi connectivity index (χ0n) is 10.3. The lowest BCUT2D eigenvalue weighted by Gasteiger charge is -2.44. The molecule has 0 bridgehead atoms. The molecule has 1 spiro atoms. The van der Waals surface area contributed by atoms with Crippen LogP contribution in [0, 0.1) is 5.92 Å². The smallest absolute Gasteiger partial charge is 0.161 e. The van der Waals surface area contributed by atoms with Gasteiger partial charge in [-0.25, -0.2) is 0 Å². The third-order valence-electron chi connectivity index (χ3n) is 3.94. The second-order valence-corrected chi connectivity index (χ2v) is 4.88. The normalized spacial score (nSPS) is 29.8. The minimum absolute atomic E-state index is 0.112. The van der Waals surface area contributed by atoms with Gasteiger partial charge in [-0.15, -0.1) is 0 Å². The Morgan fingerprint density at radius 3 is 2.38 bits per heavy atom. The lowest BCUT2D eigenvalue weighted by Crippen LogP contribution is -2.49. The number of rotatable bonds is 3. The molecule has 0 aromatic rings. The van der Waals surface area contributed by atoms with Gasteiger partial charge in [-0.3, -0.25) is 0 Å². The molecule has 1 N–H and O–H groups in total. The number of methoxy groups -OCH3 is 2. The van der Waals surface area contributed by atoms with E-state index in [-0.39, 0.29) is 11.9 Å². The first-order chi connectivity index (χ1) is 7.79. The first kappa shape index (κ1) is 12.3. The fraction of sp³-hybridized carbons (Fsp3) is 1.00. The van der Waals surface area contributed by atoms with Crippen molar-refractivity contribution >= 4 is 0 Å². The highest BCUT2D eigenvalue weighted by Crippen LogP contribution is 2.36. The molecule has 0 aliphatic carbocycles. The fourth-order valence-corrected chi connectivity index (χ4v) is 2.86. The average Bonchev–Trinajstić information content (AvgIpc) is 2.34.